The van der Waals surface area contributed by atoms with Gasteiger partial charge in [-0.15, -0.1) is 0 Å². The number of nitrogens with zero attached hydrogens (tertiary/aromatic N) is 3. The number of aliphatic hydroxyl groups excluding tert-OH is 1. The van der Waals surface area contributed by atoms with Crippen LogP contribution in [0.3, 0.4) is 0 Å². The van der Waals surface area contributed by atoms with Gasteiger partial charge in [0, 0.05) is 158 Å². The number of amides is 4. The molecule has 6 aromatic rings. The Morgan fingerprint density at radius 2 is 0.824 bits per heavy atom. The van der Waals surface area contributed by atoms with Crippen LogP contribution in [0.2, 0.25) is 30.1 Å². The van der Waals surface area contributed by atoms with Gasteiger partial charge in [-0.3, -0.25) is 14.4 Å². The van der Waals surface area contributed by atoms with Crippen molar-refractivity contribution in [3.8, 4) is 0 Å². The van der Waals surface area contributed by atoms with Crippen LogP contribution in [0.4, 0.5) is 4.79 Å². The highest BCUT2D eigenvalue weighted by Crippen LogP contribution is 2.43. The lowest BCUT2D eigenvalue weighted by atomic mass is 9.82. The Balaban J connectivity index is 0.717. The fraction of sp³-hybridized carbons (Fsp3) is 0.500. The van der Waals surface area contributed by atoms with Crippen LogP contribution in [0, 0.1) is 0 Å². The summed E-state index contributed by atoms with van der Waals surface area (Å²) in [5.74, 6) is -3.43. The molecule has 119 heavy (non-hydrogen) atoms. The van der Waals surface area contributed by atoms with Gasteiger partial charge < -0.3 is 74.6 Å². The van der Waals surface area contributed by atoms with Crippen LogP contribution in [-0.2, 0) is 97.1 Å². The first-order chi connectivity index (χ1) is 56.8. The molecule has 8 N–H and O–H groups in total. The van der Waals surface area contributed by atoms with Crippen molar-refractivity contribution in [1.29, 1.82) is 0 Å². The van der Waals surface area contributed by atoms with E-state index in [-0.39, 0.29) is 207 Å². The van der Waals surface area contributed by atoms with Crippen molar-refractivity contribution in [2.75, 3.05) is 159 Å². The van der Waals surface area contributed by atoms with Gasteiger partial charge in [0.05, 0.1) is 93.1 Å². The third-order valence-electron chi connectivity index (χ3n) is 20.7. The number of fused-ring (bicyclic) bond motifs is 3. The number of hydrogen-bond acceptors (Lipinski definition) is 21. The molecule has 5 atom stereocenters. The Bertz CT molecular complexity index is 4370. The zero-order chi connectivity index (χ0) is 85.9. The summed E-state index contributed by atoms with van der Waals surface area (Å²) >= 11 is 38.9. The zero-order valence-electron chi connectivity index (χ0n) is 66.7. The molecule has 4 amide bonds. The number of likely N-dealkylation sites (N-methyl/N-ethyl adjacent to an activating group) is 3. The van der Waals surface area contributed by atoms with E-state index in [9.17, 15) is 59.4 Å². The molecule has 37 heteroatoms. The minimum Gasteiger partial charge on any atom is -0.480 e. The number of Topliss-reactive ketones (excluding diaryl/α,β-unsaturated/α-hetero) is 1. The smallest absolute Gasteiger partial charge is 0.328 e. The van der Waals surface area contributed by atoms with E-state index in [4.69, 9.17) is 98.0 Å². The number of aliphatic hydroxyl groups is 1. The molecule has 3 aliphatic rings. The van der Waals surface area contributed by atoms with Gasteiger partial charge in [0.1, 0.15) is 5.78 Å². The van der Waals surface area contributed by atoms with Crippen LogP contribution in [0.25, 0.3) is 0 Å². The fourth-order valence-corrected chi connectivity index (χ4v) is 19.9. The molecule has 0 radical (unpaired) electrons. The first-order valence-corrected chi connectivity index (χ1v) is 46.2. The SMILES string of the molecule is CN1Cc2c(Cl)cc(Cl)cc2[C@H](c2cccc(S(=O)(=O)CCCOCCOCCNC(=O)CCC(CCC(=O)CCCOCCOCCNS(=O)(=O)c3cccc([C@@H]4CN(C)Cc5c(Cl)cc(Cl)cc54)c3)(CCC(=O)NCCOCCOCCNS(=O)(=O)c3cccc([C@@H]4CN(C)Cc5c(Cl)cc(Cl)cc54)c3)NC(=O)N[C@@H](CO)C(=O)O)c2)C1. The number of sulfone groups is 1. The summed E-state index contributed by atoms with van der Waals surface area (Å²) < 4.78 is 120. The Labute approximate surface area is 726 Å². The Morgan fingerprint density at radius 3 is 1.22 bits per heavy atom. The zero-order valence-corrected chi connectivity index (χ0v) is 73.7. The van der Waals surface area contributed by atoms with Gasteiger partial charge in [-0.2, -0.15) is 0 Å². The number of aliphatic carboxylic acids is 1. The van der Waals surface area contributed by atoms with Gasteiger partial charge in [-0.05, 0) is 176 Å². The molecule has 652 valence electrons. The number of sulfonamides is 2. The molecule has 6 aromatic carbocycles. The molecule has 0 aliphatic carbocycles. The van der Waals surface area contributed by atoms with E-state index in [1.165, 1.54) is 12.1 Å². The van der Waals surface area contributed by atoms with E-state index in [0.717, 1.165) is 50.1 Å². The van der Waals surface area contributed by atoms with E-state index in [0.29, 0.717) is 69.4 Å². The number of ether oxygens (including phenoxy) is 6. The highest BCUT2D eigenvalue weighted by molar-refractivity contribution is 7.91. The van der Waals surface area contributed by atoms with Crippen molar-refractivity contribution in [2.45, 2.75) is 121 Å². The van der Waals surface area contributed by atoms with Crippen LogP contribution >= 0.6 is 69.6 Å². The summed E-state index contributed by atoms with van der Waals surface area (Å²) in [6, 6.07) is 28.3. The van der Waals surface area contributed by atoms with Gasteiger partial charge in [0.15, 0.2) is 15.9 Å². The van der Waals surface area contributed by atoms with Gasteiger partial charge >= 0.3 is 12.0 Å². The monoisotopic (exact) mass is 1830 g/mol. The van der Waals surface area contributed by atoms with E-state index in [1.54, 1.807) is 60.7 Å². The predicted molar refractivity (Wildman–Crippen MR) is 456 cm³/mol. The number of nitrogens with one attached hydrogen (secondary N) is 6. The number of urea groups is 1. The van der Waals surface area contributed by atoms with Crippen LogP contribution in [0.15, 0.2) is 124 Å². The summed E-state index contributed by atoms with van der Waals surface area (Å²) in [4.78, 5) is 73.3. The minimum absolute atomic E-state index is 0.0233. The second-order valence-corrected chi connectivity index (χ2v) is 37.9. The maximum Gasteiger partial charge on any atom is 0.328 e. The number of hydrogen-bond donors (Lipinski definition) is 8. The first-order valence-electron chi connectivity index (χ1n) is 39.3. The van der Waals surface area contributed by atoms with Crippen molar-refractivity contribution < 1.29 is 87.9 Å². The Morgan fingerprint density at radius 1 is 0.462 bits per heavy atom. The molecule has 0 fully saturated rings. The van der Waals surface area contributed by atoms with Crippen molar-refractivity contribution in [2.24, 2.45) is 0 Å². The van der Waals surface area contributed by atoms with Crippen molar-refractivity contribution in [3.63, 3.8) is 0 Å². The number of carbonyl (C=O) groups excluding carboxylic acids is 4. The third-order valence-corrected chi connectivity index (χ3v) is 27.1. The molecule has 1 unspecified atom stereocenters. The molecule has 0 aromatic heterocycles. The van der Waals surface area contributed by atoms with E-state index < -0.39 is 71.9 Å². The highest BCUT2D eigenvalue weighted by Gasteiger charge is 2.37. The third kappa shape index (κ3) is 29.8. The summed E-state index contributed by atoms with van der Waals surface area (Å²) in [5, 5.41) is 33.2. The molecular weight excluding hydrogens is 1720 g/mol. The number of rotatable bonds is 50. The molecule has 0 saturated carbocycles. The quantitative estimate of drug-likeness (QED) is 0.0165. The largest absolute Gasteiger partial charge is 0.480 e. The van der Waals surface area contributed by atoms with E-state index in [2.05, 4.69) is 45.4 Å². The second-order valence-electron chi connectivity index (χ2n) is 29.8. The molecular formula is C82H105Cl6N9O19S3. The van der Waals surface area contributed by atoms with Crippen LogP contribution in [0.5, 0.6) is 0 Å². The summed E-state index contributed by atoms with van der Waals surface area (Å²) in [6.07, 6.45) is -0.567. The lowest BCUT2D eigenvalue weighted by molar-refractivity contribution is -0.140. The second kappa shape index (κ2) is 47.0. The molecule has 0 saturated heterocycles. The van der Waals surface area contributed by atoms with Gasteiger partial charge in [-0.25, -0.2) is 44.3 Å². The number of carboxylic acid groups (broad SMARTS) is 1. The van der Waals surface area contributed by atoms with Crippen molar-refractivity contribution in [1.82, 2.24) is 45.4 Å². The summed E-state index contributed by atoms with van der Waals surface area (Å²) in [5.41, 5.74) is 6.59. The van der Waals surface area contributed by atoms with Crippen LogP contribution in [-0.4, -0.2) is 250 Å². The Kier molecular flexibility index (Phi) is 38.2. The maximum absolute atomic E-state index is 13.7. The summed E-state index contributed by atoms with van der Waals surface area (Å²) in [6.45, 7) is 3.95. The number of benzene rings is 6. The molecule has 0 bridgehead atoms. The van der Waals surface area contributed by atoms with E-state index >= 15 is 0 Å². The number of carboxylic acids is 1. The minimum atomic E-state index is -3.93. The topological polar surface area (TPSA) is 366 Å². The molecule has 3 heterocycles. The molecule has 9 rings (SSSR count). The lowest BCUT2D eigenvalue weighted by Gasteiger charge is -2.35. The van der Waals surface area contributed by atoms with Crippen molar-refractivity contribution in [3.05, 3.63) is 189 Å². The normalized spacial score (nSPS) is 16.7. The average molecular weight is 1830 g/mol. The molecule has 0 spiro atoms. The lowest BCUT2D eigenvalue weighted by Crippen LogP contribution is -2.56. The number of ketones is 1. The molecule has 3 aliphatic heterocycles. The first kappa shape index (κ1) is 96.6. The predicted octanol–water partition coefficient (Wildman–Crippen LogP) is 9.97. The highest BCUT2D eigenvalue weighted by atomic mass is 35.5. The van der Waals surface area contributed by atoms with Crippen LogP contribution < -0.4 is 30.7 Å². The van der Waals surface area contributed by atoms with Gasteiger partial charge in [0.25, 0.3) is 0 Å². The molecule has 28 nitrogen and oxygen atoms in total. The standard InChI is InChI=1S/C82H105Cl6N9O19S3/c1-95-48-68(65-42-58(83)45-74(86)71(65)51-95)55-9-4-13-62(39-55)117(105,106)38-8-27-112-33-34-113-28-22-89-78(100)17-20-82(94-81(104)93-77(54-98)80(102)103,19-16-61(99)12-7-26-111-32-35-115-30-24-91-118(107,108)63-14-5-10-56(40-63)69-49-96(2)52-72-66(69)43-59(84)46-75(72)87)21-18-79(101)90-23-29-114-36-37-116-31-25-92-119(109,110)64-15-6-11-57(41-64)70-50-97(3)53-73-67(70)44-60(85)47-76(73)88/h4-6,9-11,13-15,39-47,68-70,77,91-92,98H,7-8,12,16-38,48-54H2,1-3H3,(H,89,100)(H,90,101)(H,102,103)(H2,93,94,104)/t68-,69-,70-,77-,82?/m0/s1. The van der Waals surface area contributed by atoms with Gasteiger partial charge in [-0.1, -0.05) is 106 Å². The van der Waals surface area contributed by atoms with Crippen LogP contribution in [0.1, 0.15) is 126 Å². The average Bonchev–Trinajstić information content (AvgIpc) is 0.780. The number of halogens is 6. The van der Waals surface area contributed by atoms with E-state index in [1.807, 2.05) is 57.5 Å². The summed E-state index contributed by atoms with van der Waals surface area (Å²) in [7, 11) is -5.63. The fourth-order valence-electron chi connectivity index (χ4n) is 14.7. The number of carbonyl (C=O) groups is 5. The van der Waals surface area contributed by atoms with Crippen molar-refractivity contribution >= 4 is 129 Å². The van der Waals surface area contributed by atoms with Gasteiger partial charge in [0.2, 0.25) is 31.9 Å². The maximum atomic E-state index is 13.7. The Hall–Kier alpha value is -6.22.